The minimum Gasteiger partial charge on any atom is -0.346 e. The van der Waals surface area contributed by atoms with Gasteiger partial charge >= 0.3 is 0 Å². The molecule has 2 heteroatoms. The third-order valence-electron chi connectivity index (χ3n) is 5.06. The number of hydrogen-bond donors (Lipinski definition) is 0. The highest BCUT2D eigenvalue weighted by Crippen LogP contribution is 2.44. The highest BCUT2D eigenvalue weighted by molar-refractivity contribution is 5.61. The summed E-state index contributed by atoms with van der Waals surface area (Å²) in [4.78, 5) is 2.38. The molecule has 1 heterocycles. The van der Waals surface area contributed by atoms with E-state index in [0.717, 1.165) is 25.7 Å². The summed E-state index contributed by atoms with van der Waals surface area (Å²) in [5.74, 6) is 0. The highest BCUT2D eigenvalue weighted by Gasteiger charge is 2.42. The number of rotatable bonds is 4. The normalized spacial score (nSPS) is 21.3. The minimum absolute atomic E-state index is 0.184. The van der Waals surface area contributed by atoms with E-state index < -0.39 is 5.54 Å². The number of anilines is 1. The van der Waals surface area contributed by atoms with Crippen molar-refractivity contribution in [1.29, 1.82) is 5.26 Å². The molecular formula is C21H24N2. The molecule has 0 bridgehead atoms. The van der Waals surface area contributed by atoms with Crippen molar-refractivity contribution in [3.63, 3.8) is 0 Å². The predicted octanol–water partition coefficient (Wildman–Crippen LogP) is 5.26. The van der Waals surface area contributed by atoms with E-state index in [0.29, 0.717) is 0 Å². The molecule has 23 heavy (non-hydrogen) atoms. The van der Waals surface area contributed by atoms with E-state index in [1.807, 2.05) is 6.07 Å². The Kier molecular flexibility index (Phi) is 4.39. The van der Waals surface area contributed by atoms with Crippen LogP contribution in [0.3, 0.4) is 0 Å². The van der Waals surface area contributed by atoms with E-state index in [4.69, 9.17) is 0 Å². The van der Waals surface area contributed by atoms with E-state index in [9.17, 15) is 5.26 Å². The van der Waals surface area contributed by atoms with Gasteiger partial charge in [0.1, 0.15) is 5.54 Å². The summed E-state index contributed by atoms with van der Waals surface area (Å²) in [6.45, 7) is 4.39. The van der Waals surface area contributed by atoms with Gasteiger partial charge in [-0.3, -0.25) is 0 Å². The van der Waals surface area contributed by atoms with Crippen LogP contribution in [-0.2, 0) is 6.42 Å². The van der Waals surface area contributed by atoms with Gasteiger partial charge in [-0.2, -0.15) is 5.26 Å². The van der Waals surface area contributed by atoms with Crippen molar-refractivity contribution in [3.8, 4) is 6.07 Å². The van der Waals surface area contributed by atoms with Crippen molar-refractivity contribution >= 4 is 5.69 Å². The SMILES string of the molecule is CCC[C@@]1(C#N)CCc2ccccc2N1[C@@H](C)c1ccccc1. The number of benzene rings is 2. The summed E-state index contributed by atoms with van der Waals surface area (Å²) in [7, 11) is 0. The van der Waals surface area contributed by atoms with Crippen LogP contribution < -0.4 is 4.90 Å². The molecule has 0 aliphatic carbocycles. The molecule has 0 spiro atoms. The van der Waals surface area contributed by atoms with Crippen LogP contribution >= 0.6 is 0 Å². The van der Waals surface area contributed by atoms with Crippen LogP contribution in [0.2, 0.25) is 0 Å². The molecule has 2 aromatic rings. The average molecular weight is 304 g/mol. The van der Waals surface area contributed by atoms with Gasteiger partial charge in [0.2, 0.25) is 0 Å². The lowest BCUT2D eigenvalue weighted by Crippen LogP contribution is -2.52. The zero-order chi connectivity index (χ0) is 16.3. The van der Waals surface area contributed by atoms with Crippen LogP contribution in [0.1, 0.15) is 50.3 Å². The van der Waals surface area contributed by atoms with E-state index >= 15 is 0 Å². The first-order valence-corrected chi connectivity index (χ1v) is 8.55. The first-order chi connectivity index (χ1) is 11.2. The Balaban J connectivity index is 2.12. The third-order valence-corrected chi connectivity index (χ3v) is 5.06. The summed E-state index contributed by atoms with van der Waals surface area (Å²) in [5, 5.41) is 10.1. The molecule has 118 valence electrons. The Morgan fingerprint density at radius 3 is 2.52 bits per heavy atom. The quantitative estimate of drug-likeness (QED) is 0.770. The Labute approximate surface area is 139 Å². The van der Waals surface area contributed by atoms with E-state index in [2.05, 4.69) is 73.3 Å². The number of fused-ring (bicyclic) bond motifs is 1. The summed E-state index contributed by atoms with van der Waals surface area (Å²) in [6.07, 6.45) is 3.83. The Hall–Kier alpha value is -2.27. The average Bonchev–Trinajstić information content (AvgIpc) is 2.62. The molecule has 0 unspecified atom stereocenters. The molecule has 0 saturated carbocycles. The number of hydrogen-bond acceptors (Lipinski definition) is 2. The van der Waals surface area contributed by atoms with Gasteiger partial charge in [0.15, 0.2) is 0 Å². The minimum atomic E-state index is -0.404. The fourth-order valence-electron chi connectivity index (χ4n) is 3.93. The van der Waals surface area contributed by atoms with E-state index in [1.165, 1.54) is 16.8 Å². The van der Waals surface area contributed by atoms with Gasteiger partial charge in [-0.25, -0.2) is 0 Å². The molecule has 0 N–H and O–H groups in total. The monoisotopic (exact) mass is 304 g/mol. The van der Waals surface area contributed by atoms with E-state index in [1.54, 1.807) is 0 Å². The highest BCUT2D eigenvalue weighted by atomic mass is 15.2. The molecule has 2 aromatic carbocycles. The standard InChI is InChI=1S/C21H24N2/c1-3-14-21(16-22)15-13-19-11-7-8-12-20(19)23(21)17(2)18-9-5-4-6-10-18/h4-12,17H,3,13-15H2,1-2H3/t17-,21-/m0/s1. The van der Waals surface area contributed by atoms with Crippen LogP contribution in [0, 0.1) is 11.3 Å². The van der Waals surface area contributed by atoms with Crippen molar-refractivity contribution in [2.75, 3.05) is 4.90 Å². The molecular weight excluding hydrogens is 280 g/mol. The summed E-state index contributed by atoms with van der Waals surface area (Å²) in [5.41, 5.74) is 3.44. The van der Waals surface area contributed by atoms with Crippen LogP contribution in [0.25, 0.3) is 0 Å². The first kappa shape index (κ1) is 15.6. The molecule has 3 rings (SSSR count). The van der Waals surface area contributed by atoms with Gasteiger partial charge in [-0.1, -0.05) is 61.9 Å². The molecule has 1 aliphatic rings. The fourth-order valence-corrected chi connectivity index (χ4v) is 3.93. The van der Waals surface area contributed by atoms with Gasteiger partial charge in [-0.15, -0.1) is 0 Å². The number of para-hydroxylation sites is 1. The number of nitriles is 1. The van der Waals surface area contributed by atoms with Crippen molar-refractivity contribution in [3.05, 3.63) is 65.7 Å². The summed E-state index contributed by atoms with van der Waals surface area (Å²) >= 11 is 0. The Morgan fingerprint density at radius 1 is 1.13 bits per heavy atom. The molecule has 2 atom stereocenters. The molecule has 0 saturated heterocycles. The molecule has 2 nitrogen and oxygen atoms in total. The zero-order valence-electron chi connectivity index (χ0n) is 14.0. The van der Waals surface area contributed by atoms with Gasteiger partial charge in [0, 0.05) is 5.69 Å². The Bertz CT molecular complexity index is 701. The molecule has 1 aliphatic heterocycles. The molecule has 0 radical (unpaired) electrons. The van der Waals surface area contributed by atoms with Crippen molar-refractivity contribution in [2.45, 2.75) is 51.1 Å². The number of aryl methyl sites for hydroxylation is 1. The Morgan fingerprint density at radius 2 is 1.83 bits per heavy atom. The largest absolute Gasteiger partial charge is 0.346 e. The molecule has 0 amide bonds. The summed E-state index contributed by atoms with van der Waals surface area (Å²) < 4.78 is 0. The van der Waals surface area contributed by atoms with Crippen molar-refractivity contribution < 1.29 is 0 Å². The topological polar surface area (TPSA) is 27.0 Å². The maximum absolute atomic E-state index is 10.1. The fraction of sp³-hybridized carbons (Fsp3) is 0.381. The molecule has 0 aromatic heterocycles. The van der Waals surface area contributed by atoms with Crippen LogP contribution in [0.5, 0.6) is 0 Å². The lowest BCUT2D eigenvalue weighted by Gasteiger charge is -2.48. The third kappa shape index (κ3) is 2.72. The van der Waals surface area contributed by atoms with Gasteiger partial charge in [0.25, 0.3) is 0 Å². The van der Waals surface area contributed by atoms with Gasteiger partial charge in [-0.05, 0) is 43.4 Å². The van der Waals surface area contributed by atoms with Crippen LogP contribution in [0.4, 0.5) is 5.69 Å². The van der Waals surface area contributed by atoms with Crippen LogP contribution in [0.15, 0.2) is 54.6 Å². The van der Waals surface area contributed by atoms with Crippen molar-refractivity contribution in [1.82, 2.24) is 0 Å². The van der Waals surface area contributed by atoms with Crippen molar-refractivity contribution in [2.24, 2.45) is 0 Å². The summed E-state index contributed by atoms with van der Waals surface area (Å²) in [6, 6.07) is 22.0. The first-order valence-electron chi connectivity index (χ1n) is 8.55. The second-order valence-electron chi connectivity index (χ2n) is 6.48. The van der Waals surface area contributed by atoms with Gasteiger partial charge < -0.3 is 4.90 Å². The van der Waals surface area contributed by atoms with Crippen LogP contribution in [-0.4, -0.2) is 5.54 Å². The maximum atomic E-state index is 10.1. The number of nitrogens with zero attached hydrogens (tertiary/aromatic N) is 2. The predicted molar refractivity (Wildman–Crippen MR) is 95.4 cm³/mol. The molecule has 0 fully saturated rings. The van der Waals surface area contributed by atoms with E-state index in [-0.39, 0.29) is 6.04 Å². The van der Waals surface area contributed by atoms with Gasteiger partial charge in [0.05, 0.1) is 12.1 Å². The lowest BCUT2D eigenvalue weighted by atomic mass is 9.80. The smallest absolute Gasteiger partial charge is 0.128 e. The maximum Gasteiger partial charge on any atom is 0.128 e. The second kappa shape index (κ2) is 6.46. The zero-order valence-corrected chi connectivity index (χ0v) is 14.0. The second-order valence-corrected chi connectivity index (χ2v) is 6.48. The lowest BCUT2D eigenvalue weighted by molar-refractivity contribution is 0.372.